The molecule has 0 saturated carbocycles. The van der Waals surface area contributed by atoms with Crippen molar-refractivity contribution in [2.45, 2.75) is 6.54 Å². The van der Waals surface area contributed by atoms with Crippen LogP contribution in [0.5, 0.6) is 5.75 Å². The van der Waals surface area contributed by atoms with Crippen molar-refractivity contribution in [1.29, 1.82) is 0 Å². The van der Waals surface area contributed by atoms with Gasteiger partial charge in [-0.2, -0.15) is 0 Å². The molecule has 0 unspecified atom stereocenters. The standard InChI is InChI=1S/C11H11N3O3/c12-9-2-1-7(5-10(9)15)11(16)13-6-8-3-4-17-14-8/h1-5,15H,6,12H2,(H,13,16). The van der Waals surface area contributed by atoms with Gasteiger partial charge in [-0.3, -0.25) is 4.79 Å². The number of anilines is 1. The van der Waals surface area contributed by atoms with Crippen molar-refractivity contribution in [3.63, 3.8) is 0 Å². The summed E-state index contributed by atoms with van der Waals surface area (Å²) in [6, 6.07) is 5.97. The third kappa shape index (κ3) is 2.54. The summed E-state index contributed by atoms with van der Waals surface area (Å²) in [4.78, 5) is 11.7. The van der Waals surface area contributed by atoms with Crippen molar-refractivity contribution in [3.05, 3.63) is 41.8 Å². The number of aromatic nitrogens is 1. The van der Waals surface area contributed by atoms with Crippen molar-refractivity contribution < 1.29 is 14.4 Å². The van der Waals surface area contributed by atoms with Crippen LogP contribution in [0.3, 0.4) is 0 Å². The van der Waals surface area contributed by atoms with Crippen LogP contribution in [0.15, 0.2) is 35.1 Å². The van der Waals surface area contributed by atoms with Crippen LogP contribution in [-0.2, 0) is 6.54 Å². The second-order valence-electron chi connectivity index (χ2n) is 3.45. The number of nitrogens with one attached hydrogen (secondary N) is 1. The Morgan fingerprint density at radius 2 is 2.29 bits per heavy atom. The minimum absolute atomic E-state index is 0.112. The predicted octanol–water partition coefficient (Wildman–Crippen LogP) is 0.892. The molecular weight excluding hydrogens is 222 g/mol. The smallest absolute Gasteiger partial charge is 0.251 e. The zero-order chi connectivity index (χ0) is 12.3. The number of phenols is 1. The Bertz CT molecular complexity index is 523. The number of benzene rings is 1. The molecule has 0 spiro atoms. The number of carbonyl (C=O) groups excluding carboxylic acids is 1. The second-order valence-corrected chi connectivity index (χ2v) is 3.45. The van der Waals surface area contributed by atoms with Crippen LogP contribution in [0.2, 0.25) is 0 Å². The van der Waals surface area contributed by atoms with Gasteiger partial charge < -0.3 is 20.7 Å². The summed E-state index contributed by atoms with van der Waals surface area (Å²) in [7, 11) is 0. The highest BCUT2D eigenvalue weighted by molar-refractivity contribution is 5.95. The van der Waals surface area contributed by atoms with Gasteiger partial charge in [-0.25, -0.2) is 0 Å². The fourth-order valence-corrected chi connectivity index (χ4v) is 1.29. The van der Waals surface area contributed by atoms with Crippen LogP contribution in [0.25, 0.3) is 0 Å². The lowest BCUT2D eigenvalue weighted by atomic mass is 10.2. The Morgan fingerprint density at radius 1 is 1.47 bits per heavy atom. The van der Waals surface area contributed by atoms with E-state index in [1.54, 1.807) is 6.07 Å². The maximum absolute atomic E-state index is 11.7. The van der Waals surface area contributed by atoms with Crippen LogP contribution in [0, 0.1) is 0 Å². The summed E-state index contributed by atoms with van der Waals surface area (Å²) in [6.07, 6.45) is 1.43. The molecule has 88 valence electrons. The van der Waals surface area contributed by atoms with Crippen molar-refractivity contribution in [2.24, 2.45) is 0 Å². The molecule has 0 aliphatic carbocycles. The number of hydrogen-bond donors (Lipinski definition) is 3. The quantitative estimate of drug-likeness (QED) is 0.540. The highest BCUT2D eigenvalue weighted by Crippen LogP contribution is 2.20. The third-order valence-electron chi connectivity index (χ3n) is 2.21. The molecule has 0 aliphatic heterocycles. The van der Waals surface area contributed by atoms with Crippen LogP contribution in [0.4, 0.5) is 5.69 Å². The molecule has 1 aromatic heterocycles. The summed E-state index contributed by atoms with van der Waals surface area (Å²) in [5.74, 6) is -0.428. The van der Waals surface area contributed by atoms with E-state index in [4.69, 9.17) is 5.73 Å². The second kappa shape index (κ2) is 4.56. The summed E-state index contributed by atoms with van der Waals surface area (Å²) in [5.41, 5.74) is 6.63. The average molecular weight is 233 g/mol. The van der Waals surface area contributed by atoms with Gasteiger partial charge in [-0.15, -0.1) is 0 Å². The fourth-order valence-electron chi connectivity index (χ4n) is 1.29. The lowest BCUT2D eigenvalue weighted by Crippen LogP contribution is -2.22. The molecule has 6 nitrogen and oxygen atoms in total. The SMILES string of the molecule is Nc1ccc(C(=O)NCc2ccon2)cc1O. The molecule has 0 saturated heterocycles. The molecular formula is C11H11N3O3. The molecule has 2 rings (SSSR count). The first-order chi connectivity index (χ1) is 8.16. The van der Waals surface area contributed by atoms with E-state index >= 15 is 0 Å². The normalized spacial score (nSPS) is 10.1. The Hall–Kier alpha value is -2.50. The third-order valence-corrected chi connectivity index (χ3v) is 2.21. The lowest BCUT2D eigenvalue weighted by Gasteiger charge is -2.04. The van der Waals surface area contributed by atoms with Gasteiger partial charge in [-0.1, -0.05) is 5.16 Å². The maximum atomic E-state index is 11.7. The number of nitrogens with two attached hydrogens (primary N) is 1. The number of carbonyl (C=O) groups is 1. The zero-order valence-electron chi connectivity index (χ0n) is 8.88. The van der Waals surface area contributed by atoms with Crippen molar-refractivity contribution in [3.8, 4) is 5.75 Å². The molecule has 0 bridgehead atoms. The van der Waals surface area contributed by atoms with Crippen molar-refractivity contribution in [2.75, 3.05) is 5.73 Å². The number of nitrogen functional groups attached to an aromatic ring is 1. The van der Waals surface area contributed by atoms with Crippen LogP contribution in [0.1, 0.15) is 16.1 Å². The van der Waals surface area contributed by atoms with Gasteiger partial charge in [0.25, 0.3) is 5.91 Å². The van der Waals surface area contributed by atoms with Gasteiger partial charge in [0.15, 0.2) is 0 Å². The largest absolute Gasteiger partial charge is 0.506 e. The summed E-state index contributed by atoms with van der Waals surface area (Å²) >= 11 is 0. The highest BCUT2D eigenvalue weighted by atomic mass is 16.5. The minimum Gasteiger partial charge on any atom is -0.506 e. The van der Waals surface area contributed by atoms with E-state index in [1.165, 1.54) is 24.5 Å². The van der Waals surface area contributed by atoms with Gasteiger partial charge in [0.2, 0.25) is 0 Å². The zero-order valence-corrected chi connectivity index (χ0v) is 8.88. The van der Waals surface area contributed by atoms with Gasteiger partial charge >= 0.3 is 0 Å². The molecule has 2 aromatic rings. The Labute approximate surface area is 97.0 Å². The van der Waals surface area contributed by atoms with E-state index < -0.39 is 0 Å². The van der Waals surface area contributed by atoms with E-state index in [-0.39, 0.29) is 23.9 Å². The first kappa shape index (κ1) is 11.0. The van der Waals surface area contributed by atoms with Crippen LogP contribution >= 0.6 is 0 Å². The van der Waals surface area contributed by atoms with Gasteiger partial charge in [0.05, 0.1) is 12.2 Å². The van der Waals surface area contributed by atoms with E-state index in [2.05, 4.69) is 15.0 Å². The Morgan fingerprint density at radius 3 is 2.94 bits per heavy atom. The molecule has 0 fully saturated rings. The van der Waals surface area contributed by atoms with Gasteiger partial charge in [0, 0.05) is 11.6 Å². The number of aromatic hydroxyl groups is 1. The van der Waals surface area contributed by atoms with Crippen LogP contribution in [-0.4, -0.2) is 16.2 Å². The molecule has 4 N–H and O–H groups in total. The molecule has 1 aromatic carbocycles. The lowest BCUT2D eigenvalue weighted by molar-refractivity contribution is 0.0949. The Balaban J connectivity index is 2.02. The molecule has 0 radical (unpaired) electrons. The number of amides is 1. The van der Waals surface area contributed by atoms with E-state index in [1.807, 2.05) is 0 Å². The monoisotopic (exact) mass is 233 g/mol. The minimum atomic E-state index is -0.316. The predicted molar refractivity (Wildman–Crippen MR) is 60.2 cm³/mol. The van der Waals surface area contributed by atoms with Crippen LogP contribution < -0.4 is 11.1 Å². The van der Waals surface area contributed by atoms with E-state index in [0.29, 0.717) is 11.3 Å². The average Bonchev–Trinajstić information content (AvgIpc) is 2.82. The molecule has 0 atom stereocenters. The first-order valence-electron chi connectivity index (χ1n) is 4.93. The molecule has 0 aliphatic rings. The highest BCUT2D eigenvalue weighted by Gasteiger charge is 2.08. The van der Waals surface area contributed by atoms with E-state index in [9.17, 15) is 9.90 Å². The summed E-state index contributed by atoms with van der Waals surface area (Å²) < 4.78 is 4.63. The fraction of sp³-hybridized carbons (Fsp3) is 0.0909. The Kier molecular flexibility index (Phi) is 2.95. The summed E-state index contributed by atoms with van der Waals surface area (Å²) in [6.45, 7) is 0.264. The maximum Gasteiger partial charge on any atom is 0.251 e. The summed E-state index contributed by atoms with van der Waals surface area (Å²) in [5, 5.41) is 15.7. The molecule has 1 amide bonds. The molecule has 17 heavy (non-hydrogen) atoms. The molecule has 6 heteroatoms. The van der Waals surface area contributed by atoms with E-state index in [0.717, 1.165) is 0 Å². The number of phenolic OH excluding ortho intramolecular Hbond substituents is 1. The first-order valence-corrected chi connectivity index (χ1v) is 4.93. The van der Waals surface area contributed by atoms with Gasteiger partial charge in [0.1, 0.15) is 17.7 Å². The van der Waals surface area contributed by atoms with Gasteiger partial charge in [-0.05, 0) is 18.2 Å². The number of nitrogens with zero attached hydrogens (tertiary/aromatic N) is 1. The topological polar surface area (TPSA) is 101 Å². The van der Waals surface area contributed by atoms with Crippen molar-refractivity contribution >= 4 is 11.6 Å². The number of hydrogen-bond acceptors (Lipinski definition) is 5. The van der Waals surface area contributed by atoms with Crippen molar-refractivity contribution in [1.82, 2.24) is 10.5 Å². The number of rotatable bonds is 3. The molecule has 1 heterocycles.